The first-order valence-electron chi connectivity index (χ1n) is 16.4. The van der Waals surface area contributed by atoms with Gasteiger partial charge in [0, 0.05) is 22.6 Å². The van der Waals surface area contributed by atoms with E-state index < -0.39 is 5.97 Å². The zero-order chi connectivity index (χ0) is 32.9. The Bertz CT molecular complexity index is 1930. The highest BCUT2D eigenvalue weighted by molar-refractivity contribution is 5.93. The van der Waals surface area contributed by atoms with E-state index in [2.05, 4.69) is 131 Å². The van der Waals surface area contributed by atoms with Crippen molar-refractivity contribution < 1.29 is 9.53 Å². The molecule has 0 aliphatic heterocycles. The van der Waals surface area contributed by atoms with Gasteiger partial charge in [-0.2, -0.15) is 0 Å². The molecule has 0 heterocycles. The molecule has 0 radical (unpaired) electrons. The lowest BCUT2D eigenvalue weighted by molar-refractivity contribution is 0.0735. The van der Waals surface area contributed by atoms with E-state index in [1.54, 1.807) is 0 Å². The van der Waals surface area contributed by atoms with Gasteiger partial charge in [-0.15, -0.1) is 0 Å². The third-order valence-electron chi connectivity index (χ3n) is 8.71. The number of rotatable bonds is 9. The number of hydrogen-bond acceptors (Lipinski definition) is 3. The van der Waals surface area contributed by atoms with E-state index >= 15 is 0 Å². The maximum Gasteiger partial charge on any atom is 0.343 e. The lowest BCUT2D eigenvalue weighted by atomic mass is 9.90. The molecule has 6 aromatic rings. The van der Waals surface area contributed by atoms with Gasteiger partial charge in [-0.3, -0.25) is 0 Å². The number of carbonyl (C=O) groups is 1. The summed E-state index contributed by atoms with van der Waals surface area (Å²) in [5.74, 6) is 0.573. The van der Waals surface area contributed by atoms with Gasteiger partial charge in [0.1, 0.15) is 5.75 Å². The number of aryl methyl sites for hydroxylation is 3. The molecule has 0 fully saturated rings. The molecule has 0 aliphatic rings. The van der Waals surface area contributed by atoms with Crippen LogP contribution in [-0.2, 0) is 6.42 Å². The second-order valence-corrected chi connectivity index (χ2v) is 12.4. The van der Waals surface area contributed by atoms with Crippen LogP contribution in [0, 0.1) is 13.8 Å². The minimum absolute atomic E-state index is 0.394. The standard InChI is InChI=1S/C44H41NO2/c1-6-33-16-17-36(30(2)3)28-41(33)37-20-27-43(42(29-37)34-10-8-7-9-11-34)47-44(46)35-18-25-40(26-19-35)45(38-21-12-31(4)13-22-38)39-23-14-32(5)15-24-39/h7-30H,6H2,1-5H3. The van der Waals surface area contributed by atoms with E-state index in [4.69, 9.17) is 4.74 Å². The zero-order valence-corrected chi connectivity index (χ0v) is 27.8. The number of benzene rings is 6. The molecule has 0 aliphatic carbocycles. The van der Waals surface area contributed by atoms with Gasteiger partial charge in [0.05, 0.1) is 5.56 Å². The first-order valence-corrected chi connectivity index (χ1v) is 16.4. The average molecular weight is 616 g/mol. The molecule has 6 rings (SSSR count). The van der Waals surface area contributed by atoms with Crippen molar-refractivity contribution in [3.05, 3.63) is 167 Å². The minimum atomic E-state index is -0.394. The number of anilines is 3. The number of nitrogens with zero attached hydrogens (tertiary/aromatic N) is 1. The van der Waals surface area contributed by atoms with Gasteiger partial charge in [-0.05, 0) is 115 Å². The summed E-state index contributed by atoms with van der Waals surface area (Å²) in [5, 5.41) is 0. The lowest BCUT2D eigenvalue weighted by Gasteiger charge is -2.26. The van der Waals surface area contributed by atoms with E-state index in [9.17, 15) is 4.79 Å². The van der Waals surface area contributed by atoms with Gasteiger partial charge in [-0.1, -0.05) is 111 Å². The van der Waals surface area contributed by atoms with Gasteiger partial charge >= 0.3 is 5.97 Å². The molecule has 0 saturated heterocycles. The highest BCUT2D eigenvalue weighted by Crippen LogP contribution is 2.38. The normalized spacial score (nSPS) is 11.0. The van der Waals surface area contributed by atoms with E-state index in [0.29, 0.717) is 17.2 Å². The first kappa shape index (κ1) is 31.6. The molecule has 47 heavy (non-hydrogen) atoms. The molecule has 0 aromatic heterocycles. The second-order valence-electron chi connectivity index (χ2n) is 12.4. The van der Waals surface area contributed by atoms with Gasteiger partial charge in [0.2, 0.25) is 0 Å². The molecule has 0 spiro atoms. The first-order chi connectivity index (χ1) is 22.8. The van der Waals surface area contributed by atoms with Crippen molar-refractivity contribution >= 4 is 23.0 Å². The highest BCUT2D eigenvalue weighted by atomic mass is 16.5. The Kier molecular flexibility index (Phi) is 9.35. The van der Waals surface area contributed by atoms with Crippen LogP contribution in [0.4, 0.5) is 17.1 Å². The predicted octanol–water partition coefficient (Wildman–Crippen LogP) is 12.0. The molecule has 0 bridgehead atoms. The van der Waals surface area contributed by atoms with Crippen LogP contribution in [0.15, 0.2) is 140 Å². The molecule has 0 atom stereocenters. The monoisotopic (exact) mass is 615 g/mol. The van der Waals surface area contributed by atoms with Crippen LogP contribution < -0.4 is 9.64 Å². The maximum atomic E-state index is 13.6. The summed E-state index contributed by atoms with van der Waals surface area (Å²) in [6.07, 6.45) is 0.937. The van der Waals surface area contributed by atoms with E-state index in [0.717, 1.165) is 40.2 Å². The predicted molar refractivity (Wildman–Crippen MR) is 196 cm³/mol. The summed E-state index contributed by atoms with van der Waals surface area (Å²) in [5.41, 5.74) is 12.8. The topological polar surface area (TPSA) is 29.5 Å². The fourth-order valence-electron chi connectivity index (χ4n) is 5.90. The highest BCUT2D eigenvalue weighted by Gasteiger charge is 2.18. The van der Waals surface area contributed by atoms with Crippen LogP contribution in [0.2, 0.25) is 0 Å². The van der Waals surface area contributed by atoms with Crippen molar-refractivity contribution in [3.8, 4) is 28.0 Å². The average Bonchev–Trinajstić information content (AvgIpc) is 3.10. The van der Waals surface area contributed by atoms with Crippen molar-refractivity contribution in [2.45, 2.75) is 47.0 Å². The largest absolute Gasteiger partial charge is 0.422 e. The Morgan fingerprint density at radius 1 is 0.617 bits per heavy atom. The lowest BCUT2D eigenvalue weighted by Crippen LogP contribution is -2.12. The maximum absolute atomic E-state index is 13.6. The Morgan fingerprint density at radius 3 is 1.74 bits per heavy atom. The zero-order valence-electron chi connectivity index (χ0n) is 27.8. The summed E-state index contributed by atoms with van der Waals surface area (Å²) in [6.45, 7) is 10.8. The number of hydrogen-bond donors (Lipinski definition) is 0. The van der Waals surface area contributed by atoms with Crippen LogP contribution in [0.3, 0.4) is 0 Å². The van der Waals surface area contributed by atoms with Crippen LogP contribution >= 0.6 is 0 Å². The SMILES string of the molecule is CCc1ccc(C(C)C)cc1-c1ccc(OC(=O)c2ccc(N(c3ccc(C)cc3)c3ccc(C)cc3)cc2)c(-c2ccccc2)c1. The van der Waals surface area contributed by atoms with Crippen molar-refractivity contribution in [2.75, 3.05) is 4.90 Å². The van der Waals surface area contributed by atoms with E-state index in [1.807, 2.05) is 48.5 Å². The molecular formula is C44H41NO2. The number of esters is 1. The minimum Gasteiger partial charge on any atom is -0.422 e. The van der Waals surface area contributed by atoms with Crippen molar-refractivity contribution in [1.29, 1.82) is 0 Å². The second kappa shape index (κ2) is 13.9. The molecule has 0 amide bonds. The van der Waals surface area contributed by atoms with E-state index in [1.165, 1.54) is 27.8 Å². The van der Waals surface area contributed by atoms with Crippen LogP contribution in [-0.4, -0.2) is 5.97 Å². The Labute approximate surface area is 279 Å². The molecular weight excluding hydrogens is 574 g/mol. The van der Waals surface area contributed by atoms with Gasteiger partial charge in [-0.25, -0.2) is 4.79 Å². The number of carbonyl (C=O) groups excluding carboxylic acids is 1. The quantitative estimate of drug-likeness (QED) is 0.120. The summed E-state index contributed by atoms with van der Waals surface area (Å²) >= 11 is 0. The van der Waals surface area contributed by atoms with Crippen LogP contribution in [0.5, 0.6) is 5.75 Å². The van der Waals surface area contributed by atoms with Gasteiger partial charge < -0.3 is 9.64 Å². The van der Waals surface area contributed by atoms with Crippen molar-refractivity contribution in [1.82, 2.24) is 0 Å². The molecule has 0 unspecified atom stereocenters. The summed E-state index contributed by atoms with van der Waals surface area (Å²) < 4.78 is 6.14. The fraction of sp³-hybridized carbons (Fsp3) is 0.159. The summed E-state index contributed by atoms with van der Waals surface area (Å²) in [6, 6.07) is 47.6. The Balaban J connectivity index is 1.33. The molecule has 0 N–H and O–H groups in total. The van der Waals surface area contributed by atoms with Crippen molar-refractivity contribution in [2.24, 2.45) is 0 Å². The van der Waals surface area contributed by atoms with Crippen molar-refractivity contribution in [3.63, 3.8) is 0 Å². The summed E-state index contributed by atoms with van der Waals surface area (Å²) in [7, 11) is 0. The third kappa shape index (κ3) is 7.05. The molecule has 3 nitrogen and oxygen atoms in total. The number of ether oxygens (including phenoxy) is 1. The summed E-state index contributed by atoms with van der Waals surface area (Å²) in [4.78, 5) is 15.8. The van der Waals surface area contributed by atoms with Crippen LogP contribution in [0.25, 0.3) is 22.3 Å². The smallest absolute Gasteiger partial charge is 0.343 e. The molecule has 6 aromatic carbocycles. The van der Waals surface area contributed by atoms with Gasteiger partial charge in [0.15, 0.2) is 0 Å². The Morgan fingerprint density at radius 2 is 1.19 bits per heavy atom. The van der Waals surface area contributed by atoms with E-state index in [-0.39, 0.29) is 0 Å². The molecule has 234 valence electrons. The van der Waals surface area contributed by atoms with Gasteiger partial charge in [0.25, 0.3) is 0 Å². The molecule has 0 saturated carbocycles. The van der Waals surface area contributed by atoms with Crippen LogP contribution in [0.1, 0.15) is 59.3 Å². The Hall–Kier alpha value is -5.41. The third-order valence-corrected chi connectivity index (χ3v) is 8.71. The molecule has 3 heteroatoms. The fourth-order valence-corrected chi connectivity index (χ4v) is 5.90.